The first-order valence-corrected chi connectivity index (χ1v) is 4.89. The second-order valence-electron chi connectivity index (χ2n) is 4.10. The summed E-state index contributed by atoms with van der Waals surface area (Å²) in [6.07, 6.45) is -0.676. The van der Waals surface area contributed by atoms with Gasteiger partial charge in [0.25, 0.3) is 0 Å². The molecule has 2 N–H and O–H groups in total. The number of hydrogen-bond acceptors (Lipinski definition) is 2. The third-order valence-corrected chi connectivity index (χ3v) is 2.59. The Bertz CT molecular complexity index is 293. The highest BCUT2D eigenvalue weighted by molar-refractivity contribution is 6.30. The molecular formula is C11H15ClO2. The highest BCUT2D eigenvalue weighted by atomic mass is 35.5. The van der Waals surface area contributed by atoms with E-state index in [0.717, 1.165) is 5.56 Å². The lowest BCUT2D eigenvalue weighted by Crippen LogP contribution is -2.25. The molecular weight excluding hydrogens is 200 g/mol. The van der Waals surface area contributed by atoms with Crippen molar-refractivity contribution in [3.8, 4) is 0 Å². The highest BCUT2D eigenvalue weighted by Crippen LogP contribution is 2.32. The van der Waals surface area contributed by atoms with Gasteiger partial charge in [-0.05, 0) is 17.7 Å². The number of aliphatic hydroxyl groups excluding tert-OH is 2. The fourth-order valence-corrected chi connectivity index (χ4v) is 1.31. The summed E-state index contributed by atoms with van der Waals surface area (Å²) in [6.45, 7) is 3.56. The second kappa shape index (κ2) is 4.30. The van der Waals surface area contributed by atoms with E-state index in [2.05, 4.69) is 0 Å². The topological polar surface area (TPSA) is 40.5 Å². The van der Waals surface area contributed by atoms with Crippen LogP contribution in [0.5, 0.6) is 0 Å². The van der Waals surface area contributed by atoms with Crippen LogP contribution >= 0.6 is 11.6 Å². The summed E-state index contributed by atoms with van der Waals surface area (Å²) in [5.41, 5.74) is 0.238. The van der Waals surface area contributed by atoms with Gasteiger partial charge in [-0.15, -0.1) is 0 Å². The van der Waals surface area contributed by atoms with Crippen LogP contribution in [0.15, 0.2) is 24.3 Å². The molecule has 3 heteroatoms. The van der Waals surface area contributed by atoms with Gasteiger partial charge in [0, 0.05) is 10.4 Å². The van der Waals surface area contributed by atoms with E-state index in [4.69, 9.17) is 16.7 Å². The average Bonchev–Trinajstić information content (AvgIpc) is 2.18. The molecule has 2 nitrogen and oxygen atoms in total. The summed E-state index contributed by atoms with van der Waals surface area (Å²) in [6, 6.07) is 7.00. The van der Waals surface area contributed by atoms with Gasteiger partial charge in [-0.2, -0.15) is 0 Å². The van der Waals surface area contributed by atoms with Gasteiger partial charge >= 0.3 is 0 Å². The minimum atomic E-state index is -0.676. The number of rotatable bonds is 3. The maximum absolute atomic E-state index is 9.94. The Morgan fingerprint density at radius 2 is 1.79 bits per heavy atom. The summed E-state index contributed by atoms with van der Waals surface area (Å²) in [4.78, 5) is 0. The van der Waals surface area contributed by atoms with Crippen molar-refractivity contribution in [1.29, 1.82) is 0 Å². The summed E-state index contributed by atoms with van der Waals surface area (Å²) >= 11 is 5.73. The largest absolute Gasteiger partial charge is 0.396 e. The predicted molar refractivity (Wildman–Crippen MR) is 57.3 cm³/mol. The van der Waals surface area contributed by atoms with Gasteiger partial charge in [0.05, 0.1) is 12.7 Å². The molecule has 0 spiro atoms. The van der Waals surface area contributed by atoms with Crippen LogP contribution in [0.1, 0.15) is 25.5 Å². The van der Waals surface area contributed by atoms with Gasteiger partial charge in [-0.3, -0.25) is 0 Å². The minimum Gasteiger partial charge on any atom is -0.396 e. The standard InChI is InChI=1S/C11H15ClO2/c1-11(2,7-13)10(14)8-3-5-9(12)6-4-8/h3-6,10,13-14H,7H2,1-2H3. The van der Waals surface area contributed by atoms with E-state index >= 15 is 0 Å². The van der Waals surface area contributed by atoms with E-state index in [1.165, 1.54) is 0 Å². The van der Waals surface area contributed by atoms with Gasteiger partial charge in [0.1, 0.15) is 0 Å². The molecule has 0 bridgehead atoms. The predicted octanol–water partition coefficient (Wildman–Crippen LogP) is 2.39. The van der Waals surface area contributed by atoms with Crippen molar-refractivity contribution in [2.45, 2.75) is 20.0 Å². The third-order valence-electron chi connectivity index (χ3n) is 2.33. The van der Waals surface area contributed by atoms with Crippen LogP contribution in [0, 0.1) is 5.41 Å². The minimum absolute atomic E-state index is 0.0587. The number of benzene rings is 1. The third kappa shape index (κ3) is 2.47. The Morgan fingerprint density at radius 1 is 1.29 bits per heavy atom. The molecule has 0 aliphatic heterocycles. The monoisotopic (exact) mass is 214 g/mol. The summed E-state index contributed by atoms with van der Waals surface area (Å²) < 4.78 is 0. The second-order valence-corrected chi connectivity index (χ2v) is 4.54. The Labute approximate surface area is 89.1 Å². The Kier molecular flexibility index (Phi) is 3.53. The molecule has 1 rings (SSSR count). The molecule has 0 saturated heterocycles. The average molecular weight is 215 g/mol. The van der Waals surface area contributed by atoms with Crippen LogP contribution in [0.25, 0.3) is 0 Å². The van der Waals surface area contributed by atoms with Crippen LogP contribution in [0.3, 0.4) is 0 Å². The number of hydrogen-bond donors (Lipinski definition) is 2. The van der Waals surface area contributed by atoms with Gasteiger partial charge in [0.2, 0.25) is 0 Å². The fourth-order valence-electron chi connectivity index (χ4n) is 1.18. The zero-order valence-corrected chi connectivity index (χ0v) is 9.12. The lowest BCUT2D eigenvalue weighted by molar-refractivity contribution is 0.00639. The van der Waals surface area contributed by atoms with Crippen LogP contribution in [0.2, 0.25) is 5.02 Å². The molecule has 14 heavy (non-hydrogen) atoms. The smallest absolute Gasteiger partial charge is 0.0862 e. The van der Waals surface area contributed by atoms with Crippen LogP contribution in [-0.2, 0) is 0 Å². The van der Waals surface area contributed by atoms with E-state index in [-0.39, 0.29) is 6.61 Å². The normalized spacial score (nSPS) is 14.1. The SMILES string of the molecule is CC(C)(CO)C(O)c1ccc(Cl)cc1. The molecule has 1 atom stereocenters. The van der Waals surface area contributed by atoms with Gasteiger partial charge in [-0.25, -0.2) is 0 Å². The van der Waals surface area contributed by atoms with Crippen molar-refractivity contribution in [3.63, 3.8) is 0 Å². The molecule has 0 saturated carbocycles. The quantitative estimate of drug-likeness (QED) is 0.811. The van der Waals surface area contributed by atoms with Gasteiger partial charge in [-0.1, -0.05) is 37.6 Å². The lowest BCUT2D eigenvalue weighted by atomic mass is 9.83. The first-order chi connectivity index (χ1) is 6.47. The first-order valence-electron chi connectivity index (χ1n) is 4.52. The zero-order chi connectivity index (χ0) is 10.8. The zero-order valence-electron chi connectivity index (χ0n) is 8.37. The molecule has 0 aliphatic rings. The molecule has 0 heterocycles. The summed E-state index contributed by atoms with van der Waals surface area (Å²) in [7, 11) is 0. The molecule has 0 aliphatic carbocycles. The van der Waals surface area contributed by atoms with Gasteiger partial charge < -0.3 is 10.2 Å². The highest BCUT2D eigenvalue weighted by Gasteiger charge is 2.28. The molecule has 0 radical (unpaired) electrons. The summed E-state index contributed by atoms with van der Waals surface area (Å²) in [5, 5.41) is 19.7. The van der Waals surface area contributed by atoms with Crippen molar-refractivity contribution in [1.82, 2.24) is 0 Å². The van der Waals surface area contributed by atoms with Crippen molar-refractivity contribution >= 4 is 11.6 Å². The van der Waals surface area contributed by atoms with E-state index in [1.807, 2.05) is 13.8 Å². The van der Waals surface area contributed by atoms with E-state index in [1.54, 1.807) is 24.3 Å². The van der Waals surface area contributed by atoms with E-state index in [9.17, 15) is 5.11 Å². The van der Waals surface area contributed by atoms with Crippen molar-refractivity contribution in [2.75, 3.05) is 6.61 Å². The summed E-state index contributed by atoms with van der Waals surface area (Å²) in [5.74, 6) is 0. The molecule has 1 aromatic carbocycles. The molecule has 0 aromatic heterocycles. The molecule has 0 amide bonds. The van der Waals surface area contributed by atoms with E-state index in [0.29, 0.717) is 5.02 Å². The van der Waals surface area contributed by atoms with Crippen molar-refractivity contribution in [2.24, 2.45) is 5.41 Å². The Morgan fingerprint density at radius 3 is 2.21 bits per heavy atom. The molecule has 1 unspecified atom stereocenters. The number of halogens is 1. The Hall–Kier alpha value is -0.570. The van der Waals surface area contributed by atoms with Crippen LogP contribution in [0.4, 0.5) is 0 Å². The fraction of sp³-hybridized carbons (Fsp3) is 0.455. The molecule has 1 aromatic rings. The maximum Gasteiger partial charge on any atom is 0.0862 e. The molecule has 0 fully saturated rings. The molecule has 78 valence electrons. The van der Waals surface area contributed by atoms with Crippen LogP contribution in [-0.4, -0.2) is 16.8 Å². The lowest BCUT2D eigenvalue weighted by Gasteiger charge is -2.28. The maximum atomic E-state index is 9.94. The van der Waals surface area contributed by atoms with Crippen LogP contribution < -0.4 is 0 Å². The van der Waals surface area contributed by atoms with Crippen molar-refractivity contribution < 1.29 is 10.2 Å². The number of aliphatic hydroxyl groups is 2. The van der Waals surface area contributed by atoms with E-state index < -0.39 is 11.5 Å². The van der Waals surface area contributed by atoms with Crippen molar-refractivity contribution in [3.05, 3.63) is 34.9 Å². The van der Waals surface area contributed by atoms with Gasteiger partial charge in [0.15, 0.2) is 0 Å². The Balaban J connectivity index is 2.89. The first kappa shape index (κ1) is 11.5.